The number of hydrogen-bond acceptors (Lipinski definition) is 3. The summed E-state index contributed by atoms with van der Waals surface area (Å²) in [5.74, 6) is -0.745. The predicted molar refractivity (Wildman–Crippen MR) is 190 cm³/mol. The summed E-state index contributed by atoms with van der Waals surface area (Å²) in [5.41, 5.74) is 0. The van der Waals surface area contributed by atoms with Gasteiger partial charge < -0.3 is 9.84 Å². The molecule has 0 aliphatic carbocycles. The number of unbranched alkanes of at least 4 members (excludes halogenated alkanes) is 28. The van der Waals surface area contributed by atoms with Gasteiger partial charge in [-0.25, -0.2) is 0 Å². The number of carbonyl (C=O) groups excluding carboxylic acids is 1. The highest BCUT2D eigenvalue weighted by molar-refractivity contribution is 5.69. The molecule has 0 bridgehead atoms. The fraction of sp³-hybridized carbons (Fsp3) is 0.950. The van der Waals surface area contributed by atoms with E-state index in [1.54, 1.807) is 0 Å². The number of hydrogen-bond donors (Lipinski definition) is 1. The number of rotatable bonds is 37. The average Bonchev–Trinajstić information content (AvgIpc) is 3.00. The summed E-state index contributed by atoms with van der Waals surface area (Å²) in [4.78, 5) is 23.4. The van der Waals surface area contributed by atoms with Gasteiger partial charge in [-0.2, -0.15) is 0 Å². The number of carboxylic acids is 1. The van der Waals surface area contributed by atoms with Gasteiger partial charge >= 0.3 is 11.9 Å². The average molecular weight is 623 g/mol. The lowest BCUT2D eigenvalue weighted by molar-refractivity contribution is -0.150. The van der Waals surface area contributed by atoms with Crippen LogP contribution in [0.4, 0.5) is 0 Å². The van der Waals surface area contributed by atoms with E-state index in [4.69, 9.17) is 9.84 Å². The molecule has 0 saturated heterocycles. The van der Waals surface area contributed by atoms with Crippen molar-refractivity contribution in [1.82, 2.24) is 0 Å². The standard InChI is InChI=1S/C40H78O4/c1-3-5-7-9-11-13-14-15-16-17-18-19-20-21-22-24-26-28-33-37-40(43)44-38(35-31-29-32-36-39(41)42)34-30-27-25-23-12-10-8-6-4-2/h38H,3-37H2,1-2H3,(H,41,42). The third-order valence-corrected chi connectivity index (χ3v) is 9.33. The van der Waals surface area contributed by atoms with Gasteiger partial charge in [0.2, 0.25) is 0 Å². The molecule has 4 nitrogen and oxygen atoms in total. The van der Waals surface area contributed by atoms with E-state index in [0.29, 0.717) is 12.8 Å². The summed E-state index contributed by atoms with van der Waals surface area (Å²) < 4.78 is 5.93. The molecule has 0 aromatic carbocycles. The van der Waals surface area contributed by atoms with Crippen molar-refractivity contribution >= 4 is 11.9 Å². The molecule has 1 unspecified atom stereocenters. The van der Waals surface area contributed by atoms with Crippen LogP contribution in [0.2, 0.25) is 0 Å². The molecule has 0 aromatic heterocycles. The summed E-state index contributed by atoms with van der Waals surface area (Å²) in [5, 5.41) is 8.87. The zero-order valence-corrected chi connectivity index (χ0v) is 30.0. The molecule has 0 fully saturated rings. The van der Waals surface area contributed by atoms with Gasteiger partial charge in [0.15, 0.2) is 0 Å². The first-order valence-electron chi connectivity index (χ1n) is 20.0. The Balaban J connectivity index is 3.77. The molecule has 4 heteroatoms. The van der Waals surface area contributed by atoms with Crippen molar-refractivity contribution in [1.29, 1.82) is 0 Å². The van der Waals surface area contributed by atoms with Gasteiger partial charge in [0.25, 0.3) is 0 Å². The Kier molecular flexibility index (Phi) is 35.5. The van der Waals surface area contributed by atoms with Crippen molar-refractivity contribution in [3.05, 3.63) is 0 Å². The van der Waals surface area contributed by atoms with Crippen LogP contribution < -0.4 is 0 Å². The van der Waals surface area contributed by atoms with E-state index in [1.807, 2.05) is 0 Å². The smallest absolute Gasteiger partial charge is 0.306 e. The lowest BCUT2D eigenvalue weighted by Gasteiger charge is -2.18. The summed E-state index contributed by atoms with van der Waals surface area (Å²) in [6, 6.07) is 0. The SMILES string of the molecule is CCCCCCCCCCCCCCCCCCCCCC(=O)OC(CCCCCCCCCCC)CCCCCC(=O)O. The molecule has 262 valence electrons. The fourth-order valence-corrected chi connectivity index (χ4v) is 6.36. The molecule has 1 atom stereocenters. The molecular weight excluding hydrogens is 544 g/mol. The van der Waals surface area contributed by atoms with Crippen LogP contribution in [-0.4, -0.2) is 23.1 Å². The first kappa shape index (κ1) is 42.9. The van der Waals surface area contributed by atoms with Gasteiger partial charge in [0, 0.05) is 12.8 Å². The Morgan fingerprint density at radius 3 is 1.02 bits per heavy atom. The lowest BCUT2D eigenvalue weighted by Crippen LogP contribution is -2.18. The molecule has 0 aliphatic rings. The van der Waals surface area contributed by atoms with Gasteiger partial charge in [-0.1, -0.05) is 187 Å². The third-order valence-electron chi connectivity index (χ3n) is 9.33. The highest BCUT2D eigenvalue weighted by Gasteiger charge is 2.14. The van der Waals surface area contributed by atoms with E-state index in [9.17, 15) is 9.59 Å². The van der Waals surface area contributed by atoms with Crippen LogP contribution in [0.5, 0.6) is 0 Å². The molecule has 0 spiro atoms. The van der Waals surface area contributed by atoms with Gasteiger partial charge in [0.05, 0.1) is 0 Å². The summed E-state index contributed by atoms with van der Waals surface area (Å²) in [6.07, 6.45) is 42.7. The second-order valence-corrected chi connectivity index (χ2v) is 13.8. The first-order valence-corrected chi connectivity index (χ1v) is 20.0. The zero-order valence-electron chi connectivity index (χ0n) is 30.0. The maximum atomic E-state index is 12.6. The number of aliphatic carboxylic acids is 1. The molecule has 44 heavy (non-hydrogen) atoms. The molecule has 0 heterocycles. The quantitative estimate of drug-likeness (QED) is 0.0553. The lowest BCUT2D eigenvalue weighted by atomic mass is 10.0. The molecular formula is C40H78O4. The van der Waals surface area contributed by atoms with Crippen LogP contribution in [0.15, 0.2) is 0 Å². The molecule has 0 saturated carbocycles. The van der Waals surface area contributed by atoms with E-state index in [1.165, 1.54) is 161 Å². The maximum absolute atomic E-state index is 12.6. The van der Waals surface area contributed by atoms with Gasteiger partial charge in [-0.05, 0) is 38.5 Å². The number of esters is 1. The van der Waals surface area contributed by atoms with Crippen LogP contribution in [0, 0.1) is 0 Å². The molecule has 0 amide bonds. The maximum Gasteiger partial charge on any atom is 0.306 e. The van der Waals surface area contributed by atoms with Crippen LogP contribution in [-0.2, 0) is 14.3 Å². The molecule has 0 aliphatic heterocycles. The van der Waals surface area contributed by atoms with Crippen molar-refractivity contribution in [3.63, 3.8) is 0 Å². The number of carboxylic acid groups (broad SMARTS) is 1. The normalized spacial score (nSPS) is 12.0. The van der Waals surface area contributed by atoms with Crippen LogP contribution in [0.3, 0.4) is 0 Å². The second kappa shape index (κ2) is 36.4. The van der Waals surface area contributed by atoms with Gasteiger partial charge in [-0.3, -0.25) is 9.59 Å². The Bertz CT molecular complexity index is 590. The van der Waals surface area contributed by atoms with Gasteiger partial charge in [-0.15, -0.1) is 0 Å². The number of ether oxygens (including phenoxy) is 1. The van der Waals surface area contributed by atoms with Crippen LogP contribution in [0.1, 0.15) is 239 Å². The molecule has 0 rings (SSSR count). The van der Waals surface area contributed by atoms with Crippen molar-refractivity contribution in [3.8, 4) is 0 Å². The van der Waals surface area contributed by atoms with E-state index in [0.717, 1.165) is 44.9 Å². The Morgan fingerprint density at radius 2 is 0.682 bits per heavy atom. The van der Waals surface area contributed by atoms with Crippen molar-refractivity contribution in [2.75, 3.05) is 0 Å². The van der Waals surface area contributed by atoms with Crippen molar-refractivity contribution < 1.29 is 19.4 Å². The Hall–Kier alpha value is -1.06. The molecule has 0 aromatic rings. The highest BCUT2D eigenvalue weighted by Crippen LogP contribution is 2.19. The van der Waals surface area contributed by atoms with E-state index in [2.05, 4.69) is 13.8 Å². The van der Waals surface area contributed by atoms with Crippen LogP contribution >= 0.6 is 0 Å². The molecule has 0 radical (unpaired) electrons. The topological polar surface area (TPSA) is 63.6 Å². The summed E-state index contributed by atoms with van der Waals surface area (Å²) in [7, 11) is 0. The van der Waals surface area contributed by atoms with Gasteiger partial charge in [0.1, 0.15) is 6.10 Å². The predicted octanol–water partition coefficient (Wildman–Crippen LogP) is 13.7. The number of carbonyl (C=O) groups is 2. The van der Waals surface area contributed by atoms with Crippen molar-refractivity contribution in [2.24, 2.45) is 0 Å². The van der Waals surface area contributed by atoms with E-state index < -0.39 is 5.97 Å². The highest BCUT2D eigenvalue weighted by atomic mass is 16.5. The minimum Gasteiger partial charge on any atom is -0.481 e. The fourth-order valence-electron chi connectivity index (χ4n) is 6.36. The summed E-state index contributed by atoms with van der Waals surface area (Å²) >= 11 is 0. The first-order chi connectivity index (χ1) is 21.6. The van der Waals surface area contributed by atoms with E-state index >= 15 is 0 Å². The van der Waals surface area contributed by atoms with E-state index in [-0.39, 0.29) is 18.5 Å². The largest absolute Gasteiger partial charge is 0.481 e. The van der Waals surface area contributed by atoms with Crippen LogP contribution in [0.25, 0.3) is 0 Å². The molecule has 1 N–H and O–H groups in total. The third kappa shape index (κ3) is 35.4. The zero-order chi connectivity index (χ0) is 32.2. The minimum atomic E-state index is -0.720. The second-order valence-electron chi connectivity index (χ2n) is 13.8. The summed E-state index contributed by atoms with van der Waals surface area (Å²) in [6.45, 7) is 4.55. The Morgan fingerprint density at radius 1 is 0.409 bits per heavy atom. The van der Waals surface area contributed by atoms with Crippen molar-refractivity contribution in [2.45, 2.75) is 245 Å². The Labute approximate surface area is 275 Å². The monoisotopic (exact) mass is 623 g/mol. The minimum absolute atomic E-state index is 0.0113.